The molecule has 0 radical (unpaired) electrons. The molecule has 0 atom stereocenters. The third-order valence-corrected chi connectivity index (χ3v) is 6.21. The van der Waals surface area contributed by atoms with Gasteiger partial charge in [-0.25, -0.2) is 0 Å². The summed E-state index contributed by atoms with van der Waals surface area (Å²) in [6.07, 6.45) is 3.03. The van der Waals surface area contributed by atoms with Crippen molar-refractivity contribution in [3.05, 3.63) is 51.1 Å². The minimum atomic E-state index is -0.589. The number of rotatable bonds is 7. The highest BCUT2D eigenvalue weighted by atomic mass is 32.1. The van der Waals surface area contributed by atoms with Crippen LogP contribution in [0.25, 0.3) is 21.3 Å². The number of carbonyl (C=O) groups is 1. The maximum absolute atomic E-state index is 12.0. The Labute approximate surface area is 191 Å². The number of aromatic nitrogens is 1. The van der Waals surface area contributed by atoms with Crippen LogP contribution in [0, 0.1) is 23.2 Å². The van der Waals surface area contributed by atoms with Gasteiger partial charge >= 0.3 is 0 Å². The SMILES string of the molecule is CCN(CC)C(=O)CCCCC#Cc1ccc(-c2csc3[nH]c(=O)c(C#N)c(O)c23)cc1. The highest BCUT2D eigenvalue weighted by molar-refractivity contribution is 7.17. The van der Waals surface area contributed by atoms with Crippen LogP contribution in [0.15, 0.2) is 34.4 Å². The normalized spacial score (nSPS) is 10.4. The van der Waals surface area contributed by atoms with Crippen molar-refractivity contribution in [1.29, 1.82) is 5.26 Å². The van der Waals surface area contributed by atoms with Crippen molar-refractivity contribution in [2.45, 2.75) is 39.5 Å². The number of aromatic hydroxyl groups is 1. The molecule has 1 aromatic carbocycles. The third-order valence-electron chi connectivity index (χ3n) is 5.32. The predicted octanol–water partition coefficient (Wildman–Crippen LogP) is 4.61. The van der Waals surface area contributed by atoms with Gasteiger partial charge in [-0.05, 0) is 44.4 Å². The molecule has 0 saturated heterocycles. The lowest BCUT2D eigenvalue weighted by molar-refractivity contribution is -0.130. The number of hydrogen-bond acceptors (Lipinski definition) is 5. The summed E-state index contributed by atoms with van der Waals surface area (Å²) in [6.45, 7) is 5.49. The Hall–Kier alpha value is -3.55. The van der Waals surface area contributed by atoms with E-state index in [2.05, 4.69) is 16.8 Å². The van der Waals surface area contributed by atoms with Gasteiger partial charge in [0.25, 0.3) is 5.56 Å². The zero-order chi connectivity index (χ0) is 23.1. The number of amides is 1. The smallest absolute Gasteiger partial charge is 0.270 e. The summed E-state index contributed by atoms with van der Waals surface area (Å²) in [5, 5.41) is 21.9. The Morgan fingerprint density at radius 3 is 2.56 bits per heavy atom. The first kappa shape index (κ1) is 23.1. The monoisotopic (exact) mass is 447 g/mol. The number of H-pyrrole nitrogens is 1. The fourth-order valence-electron chi connectivity index (χ4n) is 3.52. The number of aromatic amines is 1. The lowest BCUT2D eigenvalue weighted by Gasteiger charge is -2.18. The lowest BCUT2D eigenvalue weighted by atomic mass is 10.0. The first-order valence-corrected chi connectivity index (χ1v) is 11.5. The summed E-state index contributed by atoms with van der Waals surface area (Å²) >= 11 is 1.31. The molecule has 3 rings (SSSR count). The van der Waals surface area contributed by atoms with E-state index in [-0.39, 0.29) is 17.2 Å². The van der Waals surface area contributed by atoms with Gasteiger partial charge in [0.15, 0.2) is 5.56 Å². The molecule has 3 aromatic rings. The van der Waals surface area contributed by atoms with E-state index < -0.39 is 5.56 Å². The molecule has 0 aliphatic carbocycles. The van der Waals surface area contributed by atoms with E-state index in [4.69, 9.17) is 5.26 Å². The van der Waals surface area contributed by atoms with E-state index in [1.54, 1.807) is 6.07 Å². The molecule has 1 amide bonds. The average Bonchev–Trinajstić information content (AvgIpc) is 3.21. The highest BCUT2D eigenvalue weighted by Crippen LogP contribution is 2.38. The maximum Gasteiger partial charge on any atom is 0.270 e. The molecule has 0 aliphatic heterocycles. The number of nitriles is 1. The van der Waals surface area contributed by atoms with Crippen LogP contribution in [0.4, 0.5) is 0 Å². The minimum absolute atomic E-state index is 0.205. The number of pyridine rings is 1. The Morgan fingerprint density at radius 2 is 1.91 bits per heavy atom. The van der Waals surface area contributed by atoms with Crippen LogP contribution in [0.1, 0.15) is 50.7 Å². The quantitative estimate of drug-likeness (QED) is 0.408. The molecule has 0 bridgehead atoms. The minimum Gasteiger partial charge on any atom is -0.506 e. The third kappa shape index (κ3) is 5.01. The summed E-state index contributed by atoms with van der Waals surface area (Å²) in [6, 6.07) is 9.39. The number of nitrogens with zero attached hydrogens (tertiary/aromatic N) is 2. The topological polar surface area (TPSA) is 97.2 Å². The second-order valence-electron chi connectivity index (χ2n) is 7.30. The molecule has 7 heteroatoms. The number of carbonyl (C=O) groups excluding carboxylic acids is 1. The van der Waals surface area contributed by atoms with Crippen LogP contribution in [-0.2, 0) is 4.79 Å². The number of fused-ring (bicyclic) bond motifs is 1. The first-order chi connectivity index (χ1) is 15.5. The van der Waals surface area contributed by atoms with Gasteiger partial charge in [0.2, 0.25) is 5.91 Å². The summed E-state index contributed by atoms with van der Waals surface area (Å²) in [4.78, 5) is 28.9. The van der Waals surface area contributed by atoms with Crippen molar-refractivity contribution in [1.82, 2.24) is 9.88 Å². The molecule has 0 unspecified atom stereocenters. The molecule has 0 fully saturated rings. The van der Waals surface area contributed by atoms with E-state index in [9.17, 15) is 14.7 Å². The van der Waals surface area contributed by atoms with E-state index in [1.807, 2.05) is 48.4 Å². The maximum atomic E-state index is 12.0. The van der Waals surface area contributed by atoms with Gasteiger partial charge < -0.3 is 15.0 Å². The van der Waals surface area contributed by atoms with Crippen LogP contribution in [0.3, 0.4) is 0 Å². The molecule has 2 N–H and O–H groups in total. The van der Waals surface area contributed by atoms with Crippen molar-refractivity contribution in [2.75, 3.05) is 13.1 Å². The predicted molar refractivity (Wildman–Crippen MR) is 128 cm³/mol. The Balaban J connectivity index is 1.64. The fourth-order valence-corrected chi connectivity index (χ4v) is 4.49. The zero-order valence-electron chi connectivity index (χ0n) is 18.2. The highest BCUT2D eigenvalue weighted by Gasteiger charge is 2.17. The zero-order valence-corrected chi connectivity index (χ0v) is 19.0. The van der Waals surface area contributed by atoms with Gasteiger partial charge in [-0.1, -0.05) is 24.0 Å². The van der Waals surface area contributed by atoms with Crippen molar-refractivity contribution < 1.29 is 9.90 Å². The van der Waals surface area contributed by atoms with Crippen LogP contribution < -0.4 is 5.56 Å². The van der Waals surface area contributed by atoms with Crippen molar-refractivity contribution in [3.63, 3.8) is 0 Å². The van der Waals surface area contributed by atoms with Crippen molar-refractivity contribution in [3.8, 4) is 34.8 Å². The van der Waals surface area contributed by atoms with Crippen LogP contribution in [0.2, 0.25) is 0 Å². The number of nitrogens with one attached hydrogen (secondary N) is 1. The van der Waals surface area contributed by atoms with Crippen LogP contribution in [-0.4, -0.2) is 34.0 Å². The van der Waals surface area contributed by atoms with E-state index >= 15 is 0 Å². The van der Waals surface area contributed by atoms with E-state index in [0.29, 0.717) is 16.6 Å². The van der Waals surface area contributed by atoms with Gasteiger partial charge in [0.05, 0.1) is 5.39 Å². The molecular formula is C25H25N3O3S. The van der Waals surface area contributed by atoms with Crippen LogP contribution >= 0.6 is 11.3 Å². The Morgan fingerprint density at radius 1 is 1.19 bits per heavy atom. The van der Waals surface area contributed by atoms with E-state index in [0.717, 1.165) is 49.0 Å². The number of thiophene rings is 1. The summed E-state index contributed by atoms with van der Waals surface area (Å²) in [5.41, 5.74) is 1.63. The second-order valence-corrected chi connectivity index (χ2v) is 8.17. The molecular weight excluding hydrogens is 422 g/mol. The molecule has 0 spiro atoms. The molecule has 2 aromatic heterocycles. The number of unbranched alkanes of at least 4 members (excludes halogenated alkanes) is 2. The Bertz CT molecular complexity index is 1270. The molecule has 2 heterocycles. The molecule has 0 aliphatic rings. The van der Waals surface area contributed by atoms with Crippen molar-refractivity contribution >= 4 is 27.5 Å². The van der Waals surface area contributed by atoms with Gasteiger partial charge in [0.1, 0.15) is 16.6 Å². The van der Waals surface area contributed by atoms with E-state index in [1.165, 1.54) is 11.3 Å². The summed E-state index contributed by atoms with van der Waals surface area (Å²) in [7, 11) is 0. The summed E-state index contributed by atoms with van der Waals surface area (Å²) in [5.74, 6) is 6.22. The second kappa shape index (κ2) is 10.7. The molecule has 0 saturated carbocycles. The fraction of sp³-hybridized carbons (Fsp3) is 0.320. The standard InChI is InChI=1S/C25H25N3O3S/c1-3-28(4-2)21(29)10-8-6-5-7-9-17-11-13-18(14-12-17)20-16-32-25-22(20)23(30)19(15-26)24(31)27-25/h11-14,16H,3-6,8,10H2,1-2H3,(H2,27,30,31). The van der Waals surface area contributed by atoms with Crippen molar-refractivity contribution in [2.24, 2.45) is 0 Å². The van der Waals surface area contributed by atoms with Gasteiger partial charge in [-0.2, -0.15) is 5.26 Å². The molecule has 6 nitrogen and oxygen atoms in total. The van der Waals surface area contributed by atoms with Gasteiger partial charge in [-0.15, -0.1) is 11.3 Å². The summed E-state index contributed by atoms with van der Waals surface area (Å²) < 4.78 is 0. The van der Waals surface area contributed by atoms with Gasteiger partial charge in [0, 0.05) is 42.4 Å². The average molecular weight is 448 g/mol. The van der Waals surface area contributed by atoms with Gasteiger partial charge in [-0.3, -0.25) is 9.59 Å². The Kier molecular flexibility index (Phi) is 7.70. The lowest BCUT2D eigenvalue weighted by Crippen LogP contribution is -2.30. The number of hydrogen-bond donors (Lipinski definition) is 2. The largest absolute Gasteiger partial charge is 0.506 e. The molecule has 32 heavy (non-hydrogen) atoms. The first-order valence-electron chi connectivity index (χ1n) is 10.6. The molecule has 164 valence electrons. The van der Waals surface area contributed by atoms with Crippen LogP contribution in [0.5, 0.6) is 5.75 Å². The number of benzene rings is 1.